The van der Waals surface area contributed by atoms with Crippen LogP contribution in [-0.4, -0.2) is 75.2 Å². The Bertz CT molecular complexity index is 1260. The number of morpholine rings is 1. The molecule has 35 heavy (non-hydrogen) atoms. The molecule has 2 aromatic carbocycles. The number of hydrogen-bond acceptors (Lipinski definition) is 7. The van der Waals surface area contributed by atoms with Crippen LogP contribution in [-0.2, 0) is 16.0 Å². The Morgan fingerprint density at radius 1 is 1.29 bits per heavy atom. The zero-order chi connectivity index (χ0) is 24.4. The molecule has 0 radical (unpaired) electrons. The number of nitrogens with zero attached hydrogens (tertiary/aromatic N) is 6. The van der Waals surface area contributed by atoms with Crippen molar-refractivity contribution in [1.29, 1.82) is 5.26 Å². The Balaban J connectivity index is 1.17. The molecule has 2 aliphatic heterocycles. The third-order valence-corrected chi connectivity index (χ3v) is 6.94. The Hall–Kier alpha value is -3.68. The van der Waals surface area contributed by atoms with Crippen molar-refractivity contribution in [2.45, 2.75) is 31.9 Å². The lowest BCUT2D eigenvalue weighted by molar-refractivity contribution is -0.140. The molecule has 0 unspecified atom stereocenters. The number of nitrogens with one attached hydrogen (secondary N) is 1. The molecule has 9 nitrogen and oxygen atoms in total. The lowest BCUT2D eigenvalue weighted by atomic mass is 9.96. The summed E-state index contributed by atoms with van der Waals surface area (Å²) in [5, 5.41) is 23.2. The molecule has 180 valence electrons. The van der Waals surface area contributed by atoms with Gasteiger partial charge in [-0.25, -0.2) is 9.49 Å². The number of amides is 1. The number of fused-ring (bicyclic) bond motifs is 1. The number of aromatic nitrogens is 4. The largest absolute Gasteiger partial charge is 0.370 e. The summed E-state index contributed by atoms with van der Waals surface area (Å²) in [4.78, 5) is 17.2. The zero-order valence-electron chi connectivity index (χ0n) is 19.4. The number of piperazine rings is 1. The maximum Gasteiger partial charge on any atom is 0.223 e. The van der Waals surface area contributed by atoms with Gasteiger partial charge >= 0.3 is 0 Å². The van der Waals surface area contributed by atoms with Crippen molar-refractivity contribution in [3.63, 3.8) is 0 Å². The first kappa shape index (κ1) is 23.1. The van der Waals surface area contributed by atoms with E-state index in [1.54, 1.807) is 13.0 Å². The molecule has 1 N–H and O–H groups in total. The van der Waals surface area contributed by atoms with Gasteiger partial charge in [0.05, 0.1) is 24.3 Å². The summed E-state index contributed by atoms with van der Waals surface area (Å²) in [6.45, 7) is 4.96. The molecule has 0 bridgehead atoms. The monoisotopic (exact) mass is 475 g/mol. The van der Waals surface area contributed by atoms with E-state index in [2.05, 4.69) is 25.5 Å². The van der Waals surface area contributed by atoms with Gasteiger partial charge in [-0.1, -0.05) is 24.3 Å². The molecule has 0 aliphatic carbocycles. The van der Waals surface area contributed by atoms with Crippen LogP contribution in [0.15, 0.2) is 36.4 Å². The van der Waals surface area contributed by atoms with Gasteiger partial charge in [0.15, 0.2) is 5.82 Å². The number of carbonyl (C=O) groups excluding carboxylic acids is 1. The molecule has 10 heteroatoms. The van der Waals surface area contributed by atoms with E-state index in [1.807, 2.05) is 35.2 Å². The Labute approximate surface area is 202 Å². The van der Waals surface area contributed by atoms with Crippen molar-refractivity contribution >= 4 is 5.91 Å². The first-order valence-electron chi connectivity index (χ1n) is 11.7. The average molecular weight is 476 g/mol. The number of benzene rings is 2. The number of H-pyrrole nitrogens is 1. The van der Waals surface area contributed by atoms with Crippen LogP contribution in [0.25, 0.3) is 11.4 Å². The van der Waals surface area contributed by atoms with E-state index in [-0.39, 0.29) is 23.6 Å². The fourth-order valence-corrected chi connectivity index (χ4v) is 4.94. The van der Waals surface area contributed by atoms with Gasteiger partial charge in [-0.3, -0.25) is 9.69 Å². The van der Waals surface area contributed by atoms with E-state index in [9.17, 15) is 14.4 Å². The molecule has 0 spiro atoms. The highest BCUT2D eigenvalue weighted by atomic mass is 19.1. The van der Waals surface area contributed by atoms with Crippen LogP contribution in [0, 0.1) is 24.1 Å². The average Bonchev–Trinajstić information content (AvgIpc) is 3.42. The van der Waals surface area contributed by atoms with Crippen LogP contribution >= 0.6 is 0 Å². The second-order valence-electron chi connectivity index (χ2n) is 9.01. The minimum absolute atomic E-state index is 0.0756. The SMILES string of the molecule is Cc1c([C@@H]2CN3CCN(C(=O)CCc4cccc(-c5nnn[nH]5)c4)C[C@H]3CO2)ccc(F)c1C#N. The van der Waals surface area contributed by atoms with Gasteiger partial charge in [-0.2, -0.15) is 5.26 Å². The van der Waals surface area contributed by atoms with Crippen molar-refractivity contribution in [2.24, 2.45) is 0 Å². The molecule has 3 aromatic rings. The predicted octanol–water partition coefficient (Wildman–Crippen LogP) is 2.40. The minimum atomic E-state index is -0.503. The third-order valence-electron chi connectivity index (χ3n) is 6.94. The fourth-order valence-electron chi connectivity index (χ4n) is 4.94. The minimum Gasteiger partial charge on any atom is -0.370 e. The molecule has 1 aromatic heterocycles. The Morgan fingerprint density at radius 2 is 2.17 bits per heavy atom. The van der Waals surface area contributed by atoms with E-state index in [4.69, 9.17) is 4.74 Å². The first-order valence-corrected chi connectivity index (χ1v) is 11.7. The van der Waals surface area contributed by atoms with E-state index in [0.29, 0.717) is 50.5 Å². The van der Waals surface area contributed by atoms with Crippen LogP contribution in [0.5, 0.6) is 0 Å². The quantitative estimate of drug-likeness (QED) is 0.603. The highest BCUT2D eigenvalue weighted by Crippen LogP contribution is 2.31. The van der Waals surface area contributed by atoms with Crippen molar-refractivity contribution < 1.29 is 13.9 Å². The predicted molar refractivity (Wildman–Crippen MR) is 124 cm³/mol. The number of aromatic amines is 1. The molecule has 1 amide bonds. The van der Waals surface area contributed by atoms with Gasteiger partial charge in [0.25, 0.3) is 0 Å². The number of rotatable bonds is 5. The Kier molecular flexibility index (Phi) is 6.53. The van der Waals surface area contributed by atoms with Crippen LogP contribution in [0.1, 0.15) is 34.8 Å². The molecular weight excluding hydrogens is 449 g/mol. The van der Waals surface area contributed by atoms with Crippen LogP contribution in [0.2, 0.25) is 0 Å². The second-order valence-corrected chi connectivity index (χ2v) is 9.01. The number of tetrazole rings is 1. The van der Waals surface area contributed by atoms with E-state index >= 15 is 0 Å². The van der Waals surface area contributed by atoms with Gasteiger partial charge in [0, 0.05) is 38.2 Å². The maximum atomic E-state index is 13.9. The zero-order valence-corrected chi connectivity index (χ0v) is 19.4. The van der Waals surface area contributed by atoms with Gasteiger partial charge in [0.2, 0.25) is 5.91 Å². The standard InChI is InChI=1S/C25H26FN7O2/c1-16-20(6-7-22(26)21(16)12-27)23-14-32-9-10-33(13-19(32)15-35-23)24(34)8-5-17-3-2-4-18(11-17)25-28-30-31-29-25/h2-4,6-7,11,19,23H,5,8-10,13-15H2,1H3,(H,28,29,30,31)/t19-,23-/m0/s1. The highest BCUT2D eigenvalue weighted by Gasteiger charge is 2.36. The number of carbonyl (C=O) groups is 1. The van der Waals surface area contributed by atoms with E-state index < -0.39 is 5.82 Å². The Morgan fingerprint density at radius 3 is 2.97 bits per heavy atom. The lowest BCUT2D eigenvalue weighted by Gasteiger charge is -2.46. The number of aryl methyl sites for hydroxylation is 1. The van der Waals surface area contributed by atoms with Gasteiger partial charge < -0.3 is 9.64 Å². The van der Waals surface area contributed by atoms with Crippen molar-refractivity contribution in [2.75, 3.05) is 32.8 Å². The van der Waals surface area contributed by atoms with Crippen LogP contribution in [0.3, 0.4) is 0 Å². The molecule has 5 rings (SSSR count). The number of hydrogen-bond donors (Lipinski definition) is 1. The van der Waals surface area contributed by atoms with Gasteiger partial charge in [0.1, 0.15) is 11.9 Å². The third kappa shape index (κ3) is 4.78. The molecule has 0 saturated carbocycles. The summed E-state index contributed by atoms with van der Waals surface area (Å²) in [6, 6.07) is 13.0. The topological polar surface area (TPSA) is 111 Å². The van der Waals surface area contributed by atoms with Crippen LogP contribution < -0.4 is 0 Å². The summed E-state index contributed by atoms with van der Waals surface area (Å²) in [7, 11) is 0. The number of halogens is 1. The molecule has 2 atom stereocenters. The fraction of sp³-hybridized carbons (Fsp3) is 0.400. The summed E-state index contributed by atoms with van der Waals surface area (Å²) in [6.07, 6.45) is 0.857. The van der Waals surface area contributed by atoms with E-state index in [1.165, 1.54) is 6.07 Å². The summed E-state index contributed by atoms with van der Waals surface area (Å²) in [5.74, 6) is 0.229. The van der Waals surface area contributed by atoms with Gasteiger partial charge in [-0.05, 0) is 52.6 Å². The van der Waals surface area contributed by atoms with Crippen LogP contribution in [0.4, 0.5) is 4.39 Å². The van der Waals surface area contributed by atoms with Crippen molar-refractivity contribution in [3.8, 4) is 17.5 Å². The van der Waals surface area contributed by atoms with Crippen molar-refractivity contribution in [3.05, 3.63) is 64.5 Å². The smallest absolute Gasteiger partial charge is 0.223 e. The second kappa shape index (κ2) is 9.90. The molecule has 2 fully saturated rings. The molecule has 2 aliphatic rings. The first-order chi connectivity index (χ1) is 17.0. The molecule has 2 saturated heterocycles. The lowest BCUT2D eigenvalue weighted by Crippen LogP contribution is -2.59. The number of ether oxygens (including phenoxy) is 1. The van der Waals surface area contributed by atoms with E-state index in [0.717, 1.165) is 23.2 Å². The molecular formula is C25H26FN7O2. The summed E-state index contributed by atoms with van der Waals surface area (Å²) >= 11 is 0. The summed E-state index contributed by atoms with van der Waals surface area (Å²) in [5.41, 5.74) is 3.50. The summed E-state index contributed by atoms with van der Waals surface area (Å²) < 4.78 is 20.0. The van der Waals surface area contributed by atoms with Gasteiger partial charge in [-0.15, -0.1) is 5.10 Å². The number of nitriles is 1. The molecule has 3 heterocycles. The normalized spacial score (nSPS) is 20.3. The highest BCUT2D eigenvalue weighted by molar-refractivity contribution is 5.76. The van der Waals surface area contributed by atoms with Crippen molar-refractivity contribution in [1.82, 2.24) is 30.4 Å². The maximum absolute atomic E-state index is 13.9.